The molecule has 0 saturated heterocycles. The fourth-order valence-corrected chi connectivity index (χ4v) is 2.18. The third-order valence-electron chi connectivity index (χ3n) is 2.72. The first-order valence-electron chi connectivity index (χ1n) is 5.26. The van der Waals surface area contributed by atoms with Crippen LogP contribution in [0.5, 0.6) is 5.75 Å². The second kappa shape index (κ2) is 4.87. The molecule has 1 aromatic carbocycles. The molecule has 4 nitrogen and oxygen atoms in total. The van der Waals surface area contributed by atoms with Crippen molar-refractivity contribution < 1.29 is 19.4 Å². The van der Waals surface area contributed by atoms with Gasteiger partial charge >= 0.3 is 5.97 Å². The number of hydrogen-bond acceptors (Lipinski definition) is 3. The maximum absolute atomic E-state index is 12.1. The SMILES string of the molecule is O=C(O)CCC1COc2ccc(Br)cc2C1=O. The minimum absolute atomic E-state index is 0.0108. The van der Waals surface area contributed by atoms with Gasteiger partial charge in [-0.2, -0.15) is 0 Å². The van der Waals surface area contributed by atoms with E-state index in [2.05, 4.69) is 15.9 Å². The van der Waals surface area contributed by atoms with Crippen molar-refractivity contribution in [1.82, 2.24) is 0 Å². The van der Waals surface area contributed by atoms with Crippen molar-refractivity contribution >= 4 is 27.7 Å². The number of carbonyl (C=O) groups is 2. The molecule has 1 aliphatic rings. The standard InChI is InChI=1S/C12H11BrO4/c13-8-2-3-10-9(5-8)12(16)7(6-17-10)1-4-11(14)15/h2-3,5,7H,1,4,6H2,(H,14,15). The molecular weight excluding hydrogens is 288 g/mol. The zero-order valence-corrected chi connectivity index (χ0v) is 10.6. The van der Waals surface area contributed by atoms with Crippen molar-refractivity contribution in [3.63, 3.8) is 0 Å². The van der Waals surface area contributed by atoms with E-state index in [0.717, 1.165) is 4.47 Å². The van der Waals surface area contributed by atoms with Crippen LogP contribution < -0.4 is 4.74 Å². The Labute approximate surface area is 107 Å². The molecule has 0 spiro atoms. The highest BCUT2D eigenvalue weighted by atomic mass is 79.9. The molecule has 0 bridgehead atoms. The molecule has 2 rings (SSSR count). The molecule has 1 heterocycles. The lowest BCUT2D eigenvalue weighted by molar-refractivity contribution is -0.137. The van der Waals surface area contributed by atoms with Gasteiger partial charge in [0.2, 0.25) is 0 Å². The molecule has 1 aliphatic heterocycles. The van der Waals surface area contributed by atoms with E-state index in [1.165, 1.54) is 0 Å². The molecule has 1 aromatic rings. The predicted octanol–water partition coefficient (Wildman–Crippen LogP) is 2.51. The van der Waals surface area contributed by atoms with Gasteiger partial charge in [-0.15, -0.1) is 0 Å². The third kappa shape index (κ3) is 2.66. The van der Waals surface area contributed by atoms with Crippen LogP contribution in [0.25, 0.3) is 0 Å². The Balaban J connectivity index is 2.17. The molecule has 0 aromatic heterocycles. The second-order valence-corrected chi connectivity index (χ2v) is 4.86. The van der Waals surface area contributed by atoms with Crippen LogP contribution in [0, 0.1) is 5.92 Å². The molecule has 0 radical (unpaired) electrons. The van der Waals surface area contributed by atoms with Crippen LogP contribution >= 0.6 is 15.9 Å². The van der Waals surface area contributed by atoms with Gasteiger partial charge in [-0.05, 0) is 24.6 Å². The molecule has 0 saturated carbocycles. The average molecular weight is 299 g/mol. The minimum Gasteiger partial charge on any atom is -0.492 e. The summed E-state index contributed by atoms with van der Waals surface area (Å²) < 4.78 is 6.27. The summed E-state index contributed by atoms with van der Waals surface area (Å²) in [4.78, 5) is 22.6. The number of ether oxygens (including phenoxy) is 1. The highest BCUT2D eigenvalue weighted by Crippen LogP contribution is 2.31. The number of Topliss-reactive ketones (excluding diaryl/α,β-unsaturated/α-hetero) is 1. The smallest absolute Gasteiger partial charge is 0.303 e. The van der Waals surface area contributed by atoms with Crippen LogP contribution in [0.3, 0.4) is 0 Å². The molecule has 1 atom stereocenters. The normalized spacial score (nSPS) is 18.4. The molecule has 1 unspecified atom stereocenters. The maximum Gasteiger partial charge on any atom is 0.303 e. The Bertz CT molecular complexity index is 470. The van der Waals surface area contributed by atoms with Crippen LogP contribution in [0.2, 0.25) is 0 Å². The highest BCUT2D eigenvalue weighted by Gasteiger charge is 2.29. The Kier molecular flexibility index (Phi) is 3.47. The monoisotopic (exact) mass is 298 g/mol. The van der Waals surface area contributed by atoms with Crippen molar-refractivity contribution in [2.75, 3.05) is 6.61 Å². The third-order valence-corrected chi connectivity index (χ3v) is 3.22. The number of carbonyl (C=O) groups excluding carboxylic acids is 1. The lowest BCUT2D eigenvalue weighted by Gasteiger charge is -2.23. The number of ketones is 1. The number of rotatable bonds is 3. The van der Waals surface area contributed by atoms with Crippen molar-refractivity contribution in [1.29, 1.82) is 0 Å². The molecule has 0 amide bonds. The van der Waals surface area contributed by atoms with Crippen LogP contribution in [0.15, 0.2) is 22.7 Å². The summed E-state index contributed by atoms with van der Waals surface area (Å²) in [5.41, 5.74) is 0.529. The number of carboxylic acid groups (broad SMARTS) is 1. The molecule has 5 heteroatoms. The van der Waals surface area contributed by atoms with Crippen molar-refractivity contribution in [3.8, 4) is 5.75 Å². The van der Waals surface area contributed by atoms with Crippen molar-refractivity contribution in [2.24, 2.45) is 5.92 Å². The zero-order valence-electron chi connectivity index (χ0n) is 8.98. The van der Waals surface area contributed by atoms with Gasteiger partial charge in [0, 0.05) is 10.9 Å². The Morgan fingerprint density at radius 3 is 3.00 bits per heavy atom. The van der Waals surface area contributed by atoms with Crippen molar-refractivity contribution in [2.45, 2.75) is 12.8 Å². The molecular formula is C12H11BrO4. The fraction of sp³-hybridized carbons (Fsp3) is 0.333. The van der Waals surface area contributed by atoms with Gasteiger partial charge in [-0.3, -0.25) is 9.59 Å². The average Bonchev–Trinajstić information content (AvgIpc) is 2.29. The lowest BCUT2D eigenvalue weighted by atomic mass is 9.91. The number of halogens is 1. The number of hydrogen-bond donors (Lipinski definition) is 1. The van der Waals surface area contributed by atoms with Gasteiger partial charge in [-0.1, -0.05) is 15.9 Å². The first kappa shape index (κ1) is 12.1. The molecule has 17 heavy (non-hydrogen) atoms. The van der Waals surface area contributed by atoms with E-state index < -0.39 is 5.97 Å². The summed E-state index contributed by atoms with van der Waals surface area (Å²) in [6, 6.07) is 5.26. The Hall–Kier alpha value is -1.36. The Morgan fingerprint density at radius 2 is 2.29 bits per heavy atom. The zero-order chi connectivity index (χ0) is 12.4. The van der Waals surface area contributed by atoms with Gasteiger partial charge in [0.05, 0.1) is 18.1 Å². The fourth-order valence-electron chi connectivity index (χ4n) is 1.82. The van der Waals surface area contributed by atoms with Gasteiger partial charge in [0.1, 0.15) is 5.75 Å². The van der Waals surface area contributed by atoms with Crippen molar-refractivity contribution in [3.05, 3.63) is 28.2 Å². The molecule has 0 aliphatic carbocycles. The molecule has 90 valence electrons. The highest BCUT2D eigenvalue weighted by molar-refractivity contribution is 9.10. The van der Waals surface area contributed by atoms with Crippen LogP contribution in [-0.2, 0) is 4.79 Å². The van der Waals surface area contributed by atoms with Crippen LogP contribution in [0.1, 0.15) is 23.2 Å². The van der Waals surface area contributed by atoms with E-state index >= 15 is 0 Å². The lowest BCUT2D eigenvalue weighted by Crippen LogP contribution is -2.28. The van der Waals surface area contributed by atoms with E-state index in [1.807, 2.05) is 6.07 Å². The summed E-state index contributed by atoms with van der Waals surface area (Å²) in [7, 11) is 0. The first-order chi connectivity index (χ1) is 8.08. The summed E-state index contributed by atoms with van der Waals surface area (Å²) in [6.07, 6.45) is 0.309. The minimum atomic E-state index is -0.891. The molecule has 1 N–H and O–H groups in total. The number of carboxylic acids is 1. The van der Waals surface area contributed by atoms with E-state index in [0.29, 0.717) is 17.7 Å². The quantitative estimate of drug-likeness (QED) is 0.931. The first-order valence-corrected chi connectivity index (χ1v) is 6.05. The van der Waals surface area contributed by atoms with Gasteiger partial charge < -0.3 is 9.84 Å². The Morgan fingerprint density at radius 1 is 1.53 bits per heavy atom. The van der Waals surface area contributed by atoms with Crippen LogP contribution in [-0.4, -0.2) is 23.5 Å². The number of aliphatic carboxylic acids is 1. The summed E-state index contributed by atoms with van der Waals surface area (Å²) in [5.74, 6) is -0.704. The predicted molar refractivity (Wildman–Crippen MR) is 64.3 cm³/mol. The van der Waals surface area contributed by atoms with Gasteiger partial charge in [0.25, 0.3) is 0 Å². The largest absolute Gasteiger partial charge is 0.492 e. The van der Waals surface area contributed by atoms with Gasteiger partial charge in [-0.25, -0.2) is 0 Å². The van der Waals surface area contributed by atoms with Crippen LogP contribution in [0.4, 0.5) is 0 Å². The molecule has 0 fully saturated rings. The topological polar surface area (TPSA) is 63.6 Å². The number of fused-ring (bicyclic) bond motifs is 1. The van der Waals surface area contributed by atoms with E-state index in [1.54, 1.807) is 12.1 Å². The summed E-state index contributed by atoms with van der Waals surface area (Å²) in [5, 5.41) is 8.61. The summed E-state index contributed by atoms with van der Waals surface area (Å²) in [6.45, 7) is 0.265. The maximum atomic E-state index is 12.1. The van der Waals surface area contributed by atoms with E-state index in [-0.39, 0.29) is 24.7 Å². The summed E-state index contributed by atoms with van der Waals surface area (Å²) >= 11 is 3.30. The van der Waals surface area contributed by atoms with Gasteiger partial charge in [0.15, 0.2) is 5.78 Å². The van der Waals surface area contributed by atoms with E-state index in [9.17, 15) is 9.59 Å². The second-order valence-electron chi connectivity index (χ2n) is 3.95. The van der Waals surface area contributed by atoms with E-state index in [4.69, 9.17) is 9.84 Å². The number of benzene rings is 1.